The molecule has 1 unspecified atom stereocenters. The summed E-state index contributed by atoms with van der Waals surface area (Å²) in [6, 6.07) is 1.47. The van der Waals surface area contributed by atoms with E-state index in [1.807, 2.05) is 31.7 Å². The molecule has 2 aromatic heterocycles. The molecule has 3 rings (SSSR count). The van der Waals surface area contributed by atoms with Crippen LogP contribution in [0.1, 0.15) is 25.6 Å². The fourth-order valence-corrected chi connectivity index (χ4v) is 2.81. The Bertz CT molecular complexity index is 711. The molecule has 9 heteroatoms. The summed E-state index contributed by atoms with van der Waals surface area (Å²) in [6.45, 7) is 8.87. The molecule has 1 atom stereocenters. The highest BCUT2D eigenvalue weighted by atomic mass is 16.5. The summed E-state index contributed by atoms with van der Waals surface area (Å²) in [5.74, 6) is 1.29. The molecule has 1 fully saturated rings. The number of hydrogen-bond acceptors (Lipinski definition) is 7. The summed E-state index contributed by atoms with van der Waals surface area (Å²) in [7, 11) is 0. The summed E-state index contributed by atoms with van der Waals surface area (Å²) in [5, 5.41) is 4.05. The van der Waals surface area contributed by atoms with Crippen LogP contribution in [-0.4, -0.2) is 68.3 Å². The van der Waals surface area contributed by atoms with Crippen molar-refractivity contribution in [3.63, 3.8) is 0 Å². The van der Waals surface area contributed by atoms with E-state index in [1.54, 1.807) is 11.0 Å². The molecule has 0 aromatic carbocycles. The van der Waals surface area contributed by atoms with Gasteiger partial charge in [0.1, 0.15) is 18.7 Å². The molecular weight excluding hydrogens is 322 g/mol. The van der Waals surface area contributed by atoms with Crippen LogP contribution < -0.4 is 9.64 Å². The van der Waals surface area contributed by atoms with Gasteiger partial charge in [0.25, 0.3) is 0 Å². The topological polar surface area (TPSA) is 89.3 Å². The number of ether oxygens (including phenoxy) is 1. The highest BCUT2D eigenvalue weighted by Gasteiger charge is 2.27. The Kier molecular flexibility index (Phi) is 5.11. The second kappa shape index (κ2) is 7.45. The second-order valence-electron chi connectivity index (χ2n) is 5.94. The molecule has 134 valence electrons. The molecule has 3 heterocycles. The third-order valence-corrected chi connectivity index (χ3v) is 4.18. The molecule has 1 aliphatic rings. The van der Waals surface area contributed by atoms with Crippen LogP contribution in [0.25, 0.3) is 0 Å². The lowest BCUT2D eigenvalue weighted by atomic mass is 10.2. The fourth-order valence-electron chi connectivity index (χ4n) is 2.81. The summed E-state index contributed by atoms with van der Waals surface area (Å²) in [5.41, 5.74) is 0.867. The standard InChI is InChI=1S/C16H23N7O2/c1-4-25-14-9-12(2)19-16(20-14)22-7-5-21(6-8-22)15(24)13(3)23-11-17-10-18-23/h9-11,13H,4-8H2,1-3H3. The summed E-state index contributed by atoms with van der Waals surface area (Å²) in [6.07, 6.45) is 3.00. The van der Waals surface area contributed by atoms with Gasteiger partial charge in [0.05, 0.1) is 6.61 Å². The molecular formula is C16H23N7O2. The van der Waals surface area contributed by atoms with E-state index >= 15 is 0 Å². The third kappa shape index (κ3) is 3.86. The third-order valence-electron chi connectivity index (χ3n) is 4.18. The van der Waals surface area contributed by atoms with Crippen molar-refractivity contribution in [2.24, 2.45) is 0 Å². The van der Waals surface area contributed by atoms with Crippen molar-refractivity contribution in [1.82, 2.24) is 29.6 Å². The highest BCUT2D eigenvalue weighted by Crippen LogP contribution is 2.18. The molecule has 2 aromatic rings. The maximum atomic E-state index is 12.6. The molecule has 1 saturated heterocycles. The van der Waals surface area contributed by atoms with Crippen molar-refractivity contribution in [2.45, 2.75) is 26.8 Å². The summed E-state index contributed by atoms with van der Waals surface area (Å²) >= 11 is 0. The lowest BCUT2D eigenvalue weighted by molar-refractivity contribution is -0.134. The van der Waals surface area contributed by atoms with Crippen LogP contribution in [0, 0.1) is 6.92 Å². The average molecular weight is 345 g/mol. The molecule has 1 aliphatic heterocycles. The number of nitrogens with zero attached hydrogens (tertiary/aromatic N) is 7. The van der Waals surface area contributed by atoms with Gasteiger partial charge in [-0.25, -0.2) is 14.6 Å². The fraction of sp³-hybridized carbons (Fsp3) is 0.562. The second-order valence-corrected chi connectivity index (χ2v) is 5.94. The number of carbonyl (C=O) groups is 1. The van der Waals surface area contributed by atoms with Crippen molar-refractivity contribution in [3.05, 3.63) is 24.4 Å². The van der Waals surface area contributed by atoms with E-state index in [0.717, 1.165) is 5.69 Å². The van der Waals surface area contributed by atoms with Gasteiger partial charge in [0.2, 0.25) is 17.7 Å². The zero-order chi connectivity index (χ0) is 17.8. The SMILES string of the molecule is CCOc1cc(C)nc(N2CCN(C(=O)C(C)n3cncn3)CC2)n1. The zero-order valence-corrected chi connectivity index (χ0v) is 14.8. The Labute approximate surface area is 146 Å². The molecule has 25 heavy (non-hydrogen) atoms. The molecule has 1 amide bonds. The Morgan fingerprint density at radius 3 is 2.68 bits per heavy atom. The van der Waals surface area contributed by atoms with Crippen LogP contribution in [0.15, 0.2) is 18.7 Å². The molecule has 0 spiro atoms. The van der Waals surface area contributed by atoms with Crippen LogP contribution in [0.4, 0.5) is 5.95 Å². The van der Waals surface area contributed by atoms with E-state index in [0.29, 0.717) is 44.6 Å². The van der Waals surface area contributed by atoms with Gasteiger partial charge in [-0.1, -0.05) is 0 Å². The van der Waals surface area contributed by atoms with E-state index in [-0.39, 0.29) is 11.9 Å². The Morgan fingerprint density at radius 2 is 2.04 bits per heavy atom. The number of aryl methyl sites for hydroxylation is 1. The number of amides is 1. The van der Waals surface area contributed by atoms with Gasteiger partial charge in [0.15, 0.2) is 0 Å². The monoisotopic (exact) mass is 345 g/mol. The van der Waals surface area contributed by atoms with Crippen LogP contribution in [0.3, 0.4) is 0 Å². The number of hydrogen-bond donors (Lipinski definition) is 0. The van der Waals surface area contributed by atoms with Gasteiger partial charge in [-0.15, -0.1) is 0 Å². The summed E-state index contributed by atoms with van der Waals surface area (Å²) < 4.78 is 7.07. The quantitative estimate of drug-likeness (QED) is 0.787. The van der Waals surface area contributed by atoms with Crippen LogP contribution in [0.2, 0.25) is 0 Å². The minimum absolute atomic E-state index is 0.0466. The number of rotatable bonds is 5. The Morgan fingerprint density at radius 1 is 1.28 bits per heavy atom. The van der Waals surface area contributed by atoms with Gasteiger partial charge in [-0.3, -0.25) is 4.79 Å². The smallest absolute Gasteiger partial charge is 0.247 e. The summed E-state index contributed by atoms with van der Waals surface area (Å²) in [4.78, 5) is 29.4. The van der Waals surface area contributed by atoms with Gasteiger partial charge >= 0.3 is 0 Å². The van der Waals surface area contributed by atoms with Crippen LogP contribution in [-0.2, 0) is 4.79 Å². The van der Waals surface area contributed by atoms with E-state index in [9.17, 15) is 4.79 Å². The van der Waals surface area contributed by atoms with Crippen molar-refractivity contribution < 1.29 is 9.53 Å². The largest absolute Gasteiger partial charge is 0.478 e. The predicted octanol–water partition coefficient (Wildman–Crippen LogP) is 0.685. The molecule has 9 nitrogen and oxygen atoms in total. The van der Waals surface area contributed by atoms with E-state index in [2.05, 4.69) is 25.0 Å². The van der Waals surface area contributed by atoms with Gasteiger partial charge in [-0.05, 0) is 20.8 Å². The predicted molar refractivity (Wildman–Crippen MR) is 91.5 cm³/mol. The van der Waals surface area contributed by atoms with Crippen molar-refractivity contribution in [3.8, 4) is 5.88 Å². The van der Waals surface area contributed by atoms with Gasteiger partial charge < -0.3 is 14.5 Å². The van der Waals surface area contributed by atoms with Crippen molar-refractivity contribution in [1.29, 1.82) is 0 Å². The first kappa shape index (κ1) is 17.1. The first-order valence-electron chi connectivity index (χ1n) is 8.44. The van der Waals surface area contributed by atoms with Gasteiger partial charge in [-0.2, -0.15) is 10.1 Å². The minimum atomic E-state index is -0.353. The number of carbonyl (C=O) groups excluding carboxylic acids is 1. The first-order valence-corrected chi connectivity index (χ1v) is 8.44. The normalized spacial score (nSPS) is 16.0. The van der Waals surface area contributed by atoms with Crippen LogP contribution in [0.5, 0.6) is 5.88 Å². The Hall–Kier alpha value is -2.71. The molecule has 0 radical (unpaired) electrons. The number of anilines is 1. The molecule has 0 aliphatic carbocycles. The molecule has 0 N–H and O–H groups in total. The van der Waals surface area contributed by atoms with Crippen molar-refractivity contribution in [2.75, 3.05) is 37.7 Å². The maximum absolute atomic E-state index is 12.6. The highest BCUT2D eigenvalue weighted by molar-refractivity contribution is 5.80. The van der Waals surface area contributed by atoms with Crippen LogP contribution >= 0.6 is 0 Å². The maximum Gasteiger partial charge on any atom is 0.247 e. The van der Waals surface area contributed by atoms with Gasteiger partial charge in [0, 0.05) is 37.9 Å². The Balaban J connectivity index is 1.63. The number of piperazine rings is 1. The lowest BCUT2D eigenvalue weighted by Gasteiger charge is -2.36. The van der Waals surface area contributed by atoms with Crippen molar-refractivity contribution >= 4 is 11.9 Å². The minimum Gasteiger partial charge on any atom is -0.478 e. The zero-order valence-electron chi connectivity index (χ0n) is 14.8. The number of aromatic nitrogens is 5. The lowest BCUT2D eigenvalue weighted by Crippen LogP contribution is -2.50. The van der Waals surface area contributed by atoms with E-state index in [4.69, 9.17) is 4.74 Å². The molecule has 0 bridgehead atoms. The first-order chi connectivity index (χ1) is 12.1. The van der Waals surface area contributed by atoms with E-state index < -0.39 is 0 Å². The van der Waals surface area contributed by atoms with E-state index in [1.165, 1.54) is 6.33 Å². The molecule has 0 saturated carbocycles. The average Bonchev–Trinajstić information content (AvgIpc) is 3.15.